The molecule has 0 bridgehead atoms. The summed E-state index contributed by atoms with van der Waals surface area (Å²) in [4.78, 5) is 1.94. The summed E-state index contributed by atoms with van der Waals surface area (Å²) < 4.78 is 0. The van der Waals surface area contributed by atoms with Gasteiger partial charge in [0.15, 0.2) is 0 Å². The predicted molar refractivity (Wildman–Crippen MR) is 60.5 cm³/mol. The lowest BCUT2D eigenvalue weighted by atomic mass is 10.1. The summed E-state index contributed by atoms with van der Waals surface area (Å²) >= 11 is 0. The highest BCUT2D eigenvalue weighted by atomic mass is 16.3. The van der Waals surface area contributed by atoms with Gasteiger partial charge < -0.3 is 15.7 Å². The number of aliphatic hydroxyl groups is 1. The van der Waals surface area contributed by atoms with E-state index in [1.165, 1.54) is 0 Å². The molecule has 80 valence electrons. The predicted octanol–water partition coefficient (Wildman–Crippen LogP) is 0.959. The number of hydrogen-bond acceptors (Lipinski definition) is 4. The molecule has 3 N–H and O–H groups in total. The summed E-state index contributed by atoms with van der Waals surface area (Å²) in [5.41, 5.74) is 7.55. The van der Waals surface area contributed by atoms with Crippen molar-refractivity contribution in [2.75, 3.05) is 30.3 Å². The number of nitrogens with two attached hydrogens (primary N) is 1. The summed E-state index contributed by atoms with van der Waals surface area (Å²) in [6.45, 7) is 3.32. The Kier molecular flexibility index (Phi) is 3.95. The van der Waals surface area contributed by atoms with Crippen molar-refractivity contribution in [1.82, 2.24) is 0 Å². The van der Waals surface area contributed by atoms with Crippen LogP contribution in [-0.4, -0.2) is 24.8 Å². The number of anilines is 2. The molecule has 0 saturated carbocycles. The maximum atomic E-state index is 8.96. The summed E-state index contributed by atoms with van der Waals surface area (Å²) in [5.74, 6) is 0. The molecule has 1 rings (SSSR count). The molecule has 0 spiro atoms. The van der Waals surface area contributed by atoms with Crippen molar-refractivity contribution in [2.45, 2.75) is 6.92 Å². The van der Waals surface area contributed by atoms with E-state index in [2.05, 4.69) is 6.07 Å². The summed E-state index contributed by atoms with van der Waals surface area (Å²) in [6.07, 6.45) is 0. The molecule has 0 aliphatic heterocycles. The molecule has 15 heavy (non-hydrogen) atoms. The highest BCUT2D eigenvalue weighted by Crippen LogP contribution is 2.21. The van der Waals surface area contributed by atoms with Crippen LogP contribution in [0.3, 0.4) is 0 Å². The first-order chi connectivity index (χ1) is 7.22. The van der Waals surface area contributed by atoms with Gasteiger partial charge in [-0.1, -0.05) is 0 Å². The van der Waals surface area contributed by atoms with Gasteiger partial charge in [0.25, 0.3) is 0 Å². The molecule has 0 heterocycles. The average molecular weight is 205 g/mol. The van der Waals surface area contributed by atoms with Crippen molar-refractivity contribution in [3.05, 3.63) is 23.8 Å². The van der Waals surface area contributed by atoms with Crippen LogP contribution in [0.2, 0.25) is 0 Å². The van der Waals surface area contributed by atoms with Crippen molar-refractivity contribution in [1.29, 1.82) is 5.26 Å². The summed E-state index contributed by atoms with van der Waals surface area (Å²) in [5, 5.41) is 17.9. The second kappa shape index (κ2) is 5.23. The van der Waals surface area contributed by atoms with Gasteiger partial charge in [-0.05, 0) is 25.1 Å². The van der Waals surface area contributed by atoms with E-state index in [0.29, 0.717) is 17.8 Å². The van der Waals surface area contributed by atoms with Crippen molar-refractivity contribution < 1.29 is 5.11 Å². The molecular formula is C11H15N3O. The lowest BCUT2D eigenvalue weighted by Gasteiger charge is -2.23. The minimum Gasteiger partial charge on any atom is -0.399 e. The fraction of sp³-hybridized carbons (Fsp3) is 0.364. The van der Waals surface area contributed by atoms with E-state index in [0.717, 1.165) is 12.2 Å². The van der Waals surface area contributed by atoms with E-state index >= 15 is 0 Å². The Labute approximate surface area is 89.5 Å². The average Bonchev–Trinajstić information content (AvgIpc) is 2.26. The van der Waals surface area contributed by atoms with Gasteiger partial charge in [-0.15, -0.1) is 0 Å². The fourth-order valence-electron chi connectivity index (χ4n) is 1.49. The van der Waals surface area contributed by atoms with E-state index in [4.69, 9.17) is 16.1 Å². The van der Waals surface area contributed by atoms with Crippen LogP contribution in [-0.2, 0) is 0 Å². The van der Waals surface area contributed by atoms with Crippen LogP contribution in [0, 0.1) is 11.3 Å². The molecule has 0 aliphatic rings. The Bertz CT molecular complexity index is 371. The molecule has 0 aromatic heterocycles. The molecular weight excluding hydrogens is 190 g/mol. The monoisotopic (exact) mass is 205 g/mol. The molecule has 0 saturated heterocycles. The van der Waals surface area contributed by atoms with Crippen molar-refractivity contribution >= 4 is 11.4 Å². The smallest absolute Gasteiger partial charge is 0.101 e. The number of hydrogen-bond donors (Lipinski definition) is 2. The van der Waals surface area contributed by atoms with Crippen LogP contribution in [0.1, 0.15) is 12.5 Å². The van der Waals surface area contributed by atoms with Gasteiger partial charge in [-0.3, -0.25) is 0 Å². The maximum absolute atomic E-state index is 8.96. The number of likely N-dealkylation sites (N-methyl/N-ethyl adjacent to an activating group) is 1. The largest absolute Gasteiger partial charge is 0.399 e. The second-order valence-corrected chi connectivity index (χ2v) is 3.19. The van der Waals surface area contributed by atoms with Gasteiger partial charge in [0, 0.05) is 18.8 Å². The topological polar surface area (TPSA) is 73.3 Å². The first-order valence-corrected chi connectivity index (χ1v) is 4.88. The number of benzene rings is 1. The number of nitrogens with zero attached hydrogens (tertiary/aromatic N) is 2. The van der Waals surface area contributed by atoms with Crippen molar-refractivity contribution in [2.24, 2.45) is 0 Å². The number of rotatable bonds is 4. The first-order valence-electron chi connectivity index (χ1n) is 4.88. The third kappa shape index (κ3) is 2.61. The summed E-state index contributed by atoms with van der Waals surface area (Å²) in [7, 11) is 0. The molecule has 0 unspecified atom stereocenters. The van der Waals surface area contributed by atoms with Gasteiger partial charge in [0.2, 0.25) is 0 Å². The molecule has 0 amide bonds. The highest BCUT2D eigenvalue weighted by molar-refractivity contribution is 5.64. The van der Waals surface area contributed by atoms with Gasteiger partial charge in [-0.2, -0.15) is 5.26 Å². The van der Waals surface area contributed by atoms with Gasteiger partial charge in [-0.25, -0.2) is 0 Å². The number of nitriles is 1. The zero-order valence-corrected chi connectivity index (χ0v) is 8.77. The quantitative estimate of drug-likeness (QED) is 0.718. The number of aliphatic hydroxyl groups excluding tert-OH is 1. The normalized spacial score (nSPS) is 9.67. The highest BCUT2D eigenvalue weighted by Gasteiger charge is 2.08. The van der Waals surface area contributed by atoms with Gasteiger partial charge >= 0.3 is 0 Å². The minimum absolute atomic E-state index is 0.0725. The van der Waals surface area contributed by atoms with E-state index in [9.17, 15) is 0 Å². The Balaban J connectivity index is 3.06. The lowest BCUT2D eigenvalue weighted by Crippen LogP contribution is -2.26. The maximum Gasteiger partial charge on any atom is 0.101 e. The molecule has 0 radical (unpaired) electrons. The van der Waals surface area contributed by atoms with Crippen LogP contribution >= 0.6 is 0 Å². The fourth-order valence-corrected chi connectivity index (χ4v) is 1.49. The van der Waals surface area contributed by atoms with Crippen LogP contribution in [0.5, 0.6) is 0 Å². The molecule has 0 aliphatic carbocycles. The minimum atomic E-state index is 0.0725. The molecule has 0 atom stereocenters. The SMILES string of the molecule is CCN(CCO)c1ccc(N)cc1C#N. The van der Waals surface area contributed by atoms with E-state index in [1.54, 1.807) is 12.1 Å². The number of nitrogen functional groups attached to an aromatic ring is 1. The molecule has 4 nitrogen and oxygen atoms in total. The lowest BCUT2D eigenvalue weighted by molar-refractivity contribution is 0.302. The third-order valence-electron chi connectivity index (χ3n) is 2.23. The molecule has 0 fully saturated rings. The van der Waals surface area contributed by atoms with Gasteiger partial charge in [0.05, 0.1) is 17.9 Å². The second-order valence-electron chi connectivity index (χ2n) is 3.19. The van der Waals surface area contributed by atoms with Crippen LogP contribution < -0.4 is 10.6 Å². The van der Waals surface area contributed by atoms with E-state index in [1.807, 2.05) is 17.9 Å². The van der Waals surface area contributed by atoms with Crippen molar-refractivity contribution in [3.63, 3.8) is 0 Å². The standard InChI is InChI=1S/C11H15N3O/c1-2-14(5-6-15)11-4-3-10(13)7-9(11)8-12/h3-4,7,15H,2,5-6,13H2,1H3. The zero-order valence-electron chi connectivity index (χ0n) is 8.77. The molecule has 4 heteroatoms. The zero-order chi connectivity index (χ0) is 11.3. The van der Waals surface area contributed by atoms with Crippen LogP contribution in [0.4, 0.5) is 11.4 Å². The van der Waals surface area contributed by atoms with Crippen LogP contribution in [0.25, 0.3) is 0 Å². The summed E-state index contributed by atoms with van der Waals surface area (Å²) in [6, 6.07) is 7.33. The van der Waals surface area contributed by atoms with Crippen molar-refractivity contribution in [3.8, 4) is 6.07 Å². The Hall–Kier alpha value is -1.73. The van der Waals surface area contributed by atoms with E-state index in [-0.39, 0.29) is 6.61 Å². The molecule has 1 aromatic rings. The Morgan fingerprint density at radius 2 is 2.27 bits per heavy atom. The Morgan fingerprint density at radius 1 is 1.53 bits per heavy atom. The first kappa shape index (κ1) is 11.3. The molecule has 1 aromatic carbocycles. The van der Waals surface area contributed by atoms with Gasteiger partial charge in [0.1, 0.15) is 6.07 Å². The Morgan fingerprint density at radius 3 is 2.80 bits per heavy atom. The van der Waals surface area contributed by atoms with E-state index < -0.39 is 0 Å². The van der Waals surface area contributed by atoms with Crippen LogP contribution in [0.15, 0.2) is 18.2 Å². The third-order valence-corrected chi connectivity index (χ3v) is 2.23.